The van der Waals surface area contributed by atoms with Crippen LogP contribution in [0.3, 0.4) is 0 Å². The van der Waals surface area contributed by atoms with Crippen molar-refractivity contribution in [3.63, 3.8) is 0 Å². The topological polar surface area (TPSA) is 32.8 Å². The van der Waals surface area contributed by atoms with Crippen LogP contribution in [0.2, 0.25) is 5.02 Å². The van der Waals surface area contributed by atoms with Crippen molar-refractivity contribution in [1.29, 1.82) is 0 Å². The molecule has 5 rings (SSSR count). The molecule has 1 fully saturated rings. The third kappa shape index (κ3) is 4.96. The van der Waals surface area contributed by atoms with Crippen LogP contribution in [0.15, 0.2) is 60.7 Å². The molecular weight excluding hydrogens is 456 g/mol. The average molecular weight is 489 g/mol. The number of aryl methyl sites for hydroxylation is 3. The number of hydrogen-bond donors (Lipinski definition) is 0. The van der Waals surface area contributed by atoms with Crippen molar-refractivity contribution >= 4 is 23.4 Å². The van der Waals surface area contributed by atoms with Crippen molar-refractivity contribution in [3.8, 4) is 0 Å². The Morgan fingerprint density at radius 2 is 1.66 bits per heavy atom. The zero-order valence-corrected chi connectivity index (χ0v) is 21.6. The van der Waals surface area contributed by atoms with E-state index in [1.165, 1.54) is 27.8 Å². The van der Waals surface area contributed by atoms with Gasteiger partial charge in [-0.05, 0) is 70.0 Å². The number of rotatable bonds is 4. The number of nitrogens with zero attached hydrogens (tertiary/aromatic N) is 2. The number of likely N-dealkylation sites (tertiary alicyclic amines) is 1. The van der Waals surface area contributed by atoms with E-state index in [0.29, 0.717) is 11.6 Å². The largest absolute Gasteiger partial charge is 0.444 e. The average Bonchev–Trinajstić information content (AvgIpc) is 3.13. The Morgan fingerprint density at radius 1 is 0.943 bits per heavy atom. The van der Waals surface area contributed by atoms with Gasteiger partial charge in [-0.2, -0.15) is 0 Å². The quantitative estimate of drug-likeness (QED) is 0.398. The summed E-state index contributed by atoms with van der Waals surface area (Å²) in [4.78, 5) is 17.6. The highest BCUT2D eigenvalue weighted by molar-refractivity contribution is 6.31. The molecule has 1 spiro atoms. The van der Waals surface area contributed by atoms with Crippen LogP contribution in [0, 0.1) is 20.8 Å². The molecule has 35 heavy (non-hydrogen) atoms. The van der Waals surface area contributed by atoms with Gasteiger partial charge in [0.05, 0.1) is 5.69 Å². The van der Waals surface area contributed by atoms with Crippen molar-refractivity contribution in [2.75, 3.05) is 24.5 Å². The van der Waals surface area contributed by atoms with Crippen molar-refractivity contribution < 1.29 is 9.53 Å². The summed E-state index contributed by atoms with van der Waals surface area (Å²) in [6.45, 7) is 10.3. The molecule has 5 heteroatoms. The van der Waals surface area contributed by atoms with E-state index in [0.717, 1.165) is 43.7 Å². The van der Waals surface area contributed by atoms with Gasteiger partial charge in [0.15, 0.2) is 0 Å². The van der Waals surface area contributed by atoms with E-state index in [4.69, 9.17) is 16.3 Å². The first-order valence-electron chi connectivity index (χ1n) is 12.4. The SMILES string of the molecule is Cc1cc(C)cc(CN2CCC3(CC2)CN(C(=O)OCc2ccccc2Cl)c2ccc(C)cc23)c1. The molecule has 2 heterocycles. The van der Waals surface area contributed by atoms with Gasteiger partial charge < -0.3 is 4.74 Å². The number of amides is 1. The van der Waals surface area contributed by atoms with E-state index >= 15 is 0 Å². The van der Waals surface area contributed by atoms with Crippen LogP contribution in [0.1, 0.15) is 46.2 Å². The summed E-state index contributed by atoms with van der Waals surface area (Å²) >= 11 is 6.26. The highest BCUT2D eigenvalue weighted by Crippen LogP contribution is 2.47. The summed E-state index contributed by atoms with van der Waals surface area (Å²) in [5.74, 6) is 0. The number of ether oxygens (including phenoxy) is 1. The number of benzene rings is 3. The van der Waals surface area contributed by atoms with Gasteiger partial charge >= 0.3 is 6.09 Å². The molecule has 0 aliphatic carbocycles. The van der Waals surface area contributed by atoms with Crippen LogP contribution >= 0.6 is 11.6 Å². The molecule has 0 aromatic heterocycles. The van der Waals surface area contributed by atoms with E-state index in [2.05, 4.69) is 62.1 Å². The van der Waals surface area contributed by atoms with Crippen molar-refractivity contribution in [1.82, 2.24) is 4.90 Å². The lowest BCUT2D eigenvalue weighted by Gasteiger charge is -2.40. The first-order valence-corrected chi connectivity index (χ1v) is 12.8. The molecule has 0 atom stereocenters. The third-order valence-electron chi connectivity index (χ3n) is 7.51. The molecule has 1 saturated heterocycles. The molecule has 3 aromatic carbocycles. The molecule has 4 nitrogen and oxygen atoms in total. The van der Waals surface area contributed by atoms with Gasteiger partial charge in [0, 0.05) is 29.1 Å². The van der Waals surface area contributed by atoms with Gasteiger partial charge in [0.25, 0.3) is 0 Å². The van der Waals surface area contributed by atoms with Crippen LogP contribution in [-0.2, 0) is 23.3 Å². The summed E-state index contributed by atoms with van der Waals surface area (Å²) < 4.78 is 5.73. The Labute approximate surface area is 213 Å². The summed E-state index contributed by atoms with van der Waals surface area (Å²) in [5, 5.41) is 0.616. The molecule has 0 bridgehead atoms. The summed E-state index contributed by atoms with van der Waals surface area (Å²) in [6.07, 6.45) is 1.76. The number of fused-ring (bicyclic) bond motifs is 2. The van der Waals surface area contributed by atoms with Crippen molar-refractivity contribution in [2.24, 2.45) is 0 Å². The summed E-state index contributed by atoms with van der Waals surface area (Å²) in [5.41, 5.74) is 8.32. The maximum atomic E-state index is 13.2. The van der Waals surface area contributed by atoms with Gasteiger partial charge in [-0.3, -0.25) is 9.80 Å². The molecule has 0 radical (unpaired) electrons. The monoisotopic (exact) mass is 488 g/mol. The molecule has 2 aliphatic heterocycles. The predicted molar refractivity (Wildman–Crippen MR) is 142 cm³/mol. The smallest absolute Gasteiger partial charge is 0.414 e. The van der Waals surface area contributed by atoms with Gasteiger partial charge in [-0.15, -0.1) is 0 Å². The zero-order chi connectivity index (χ0) is 24.6. The molecule has 3 aromatic rings. The first-order chi connectivity index (χ1) is 16.8. The van der Waals surface area contributed by atoms with Gasteiger partial charge in [-0.25, -0.2) is 4.79 Å². The summed E-state index contributed by atoms with van der Waals surface area (Å²) in [6, 6.07) is 20.8. The lowest BCUT2D eigenvalue weighted by Crippen LogP contribution is -2.45. The number of piperidine rings is 1. The Kier molecular flexibility index (Phi) is 6.61. The van der Waals surface area contributed by atoms with Crippen LogP contribution in [0.25, 0.3) is 0 Å². The van der Waals surface area contributed by atoms with Crippen molar-refractivity contribution in [3.05, 3.63) is 99.1 Å². The Bertz CT molecular complexity index is 1230. The third-order valence-corrected chi connectivity index (χ3v) is 7.87. The number of anilines is 1. The second kappa shape index (κ2) is 9.67. The number of carbonyl (C=O) groups excluding carboxylic acids is 1. The first kappa shape index (κ1) is 23.9. The normalized spacial score (nSPS) is 17.0. The second-order valence-electron chi connectivity index (χ2n) is 10.3. The molecule has 1 amide bonds. The van der Waals surface area contributed by atoms with Gasteiger partial charge in [0.1, 0.15) is 6.61 Å². The van der Waals surface area contributed by atoms with Crippen LogP contribution < -0.4 is 4.90 Å². The number of carbonyl (C=O) groups is 1. The fourth-order valence-corrected chi connectivity index (χ4v) is 5.95. The van der Waals surface area contributed by atoms with Crippen LogP contribution in [0.4, 0.5) is 10.5 Å². The zero-order valence-electron chi connectivity index (χ0n) is 20.8. The fourth-order valence-electron chi connectivity index (χ4n) is 5.76. The predicted octanol–water partition coefficient (Wildman–Crippen LogP) is 6.96. The lowest BCUT2D eigenvalue weighted by molar-refractivity contribution is 0.139. The minimum Gasteiger partial charge on any atom is -0.444 e. The van der Waals surface area contributed by atoms with Gasteiger partial charge in [0.2, 0.25) is 0 Å². The summed E-state index contributed by atoms with van der Waals surface area (Å²) in [7, 11) is 0. The number of hydrogen-bond acceptors (Lipinski definition) is 3. The fraction of sp³-hybridized carbons (Fsp3) is 0.367. The van der Waals surface area contributed by atoms with Crippen LogP contribution in [-0.4, -0.2) is 30.6 Å². The minimum atomic E-state index is -0.301. The molecule has 0 saturated carbocycles. The molecular formula is C30H33ClN2O2. The van der Waals surface area contributed by atoms with Gasteiger partial charge in [-0.1, -0.05) is 76.8 Å². The standard InChI is InChI=1S/C30H33ClN2O2/c1-21-8-9-28-26(17-21)30(20-33(28)29(34)35-19-25-6-4-5-7-27(25)31)10-12-32(13-11-30)18-24-15-22(2)14-23(3)16-24/h4-9,14-17H,10-13,18-20H2,1-3H3. The van der Waals surface area contributed by atoms with Crippen molar-refractivity contribution in [2.45, 2.75) is 52.2 Å². The maximum absolute atomic E-state index is 13.2. The molecule has 182 valence electrons. The molecule has 0 N–H and O–H groups in total. The Morgan fingerprint density at radius 3 is 2.37 bits per heavy atom. The maximum Gasteiger partial charge on any atom is 0.414 e. The second-order valence-corrected chi connectivity index (χ2v) is 10.7. The Balaban J connectivity index is 1.31. The van der Waals surface area contributed by atoms with E-state index in [1.54, 1.807) is 0 Å². The van der Waals surface area contributed by atoms with E-state index in [-0.39, 0.29) is 18.1 Å². The number of halogens is 1. The van der Waals surface area contributed by atoms with Crippen LogP contribution in [0.5, 0.6) is 0 Å². The minimum absolute atomic E-state index is 0.0240. The molecule has 2 aliphatic rings. The van der Waals surface area contributed by atoms with E-state index in [9.17, 15) is 4.79 Å². The molecule has 0 unspecified atom stereocenters. The highest BCUT2D eigenvalue weighted by Gasteiger charge is 2.46. The highest BCUT2D eigenvalue weighted by atomic mass is 35.5. The Hall–Kier alpha value is -2.82. The van der Waals surface area contributed by atoms with E-state index < -0.39 is 0 Å². The lowest BCUT2D eigenvalue weighted by atomic mass is 9.74. The van der Waals surface area contributed by atoms with E-state index in [1.807, 2.05) is 29.2 Å².